The Labute approximate surface area is 206 Å². The van der Waals surface area contributed by atoms with E-state index in [-0.39, 0.29) is 23.4 Å². The van der Waals surface area contributed by atoms with E-state index in [1.54, 1.807) is 0 Å². The minimum atomic E-state index is -0.166. The average Bonchev–Trinajstić information content (AvgIpc) is 3.11. The molecule has 0 heterocycles. The van der Waals surface area contributed by atoms with Crippen LogP contribution in [0.1, 0.15) is 88.9 Å². The SMILES string of the molecule is CC(=O)[C@H]1CC[C@H]2[C@@H]3CCC4CC(OC(=O)c5cccc(I)c5)CC[C@]4(C)[C@H]3CC[C@]12C. The maximum atomic E-state index is 12.7. The van der Waals surface area contributed by atoms with Gasteiger partial charge in [-0.25, -0.2) is 4.79 Å². The molecule has 2 unspecified atom stereocenters. The van der Waals surface area contributed by atoms with E-state index in [1.165, 1.54) is 38.5 Å². The molecule has 0 N–H and O–H groups in total. The Kier molecular flexibility index (Phi) is 5.99. The molecule has 8 atom stereocenters. The zero-order chi connectivity index (χ0) is 22.7. The summed E-state index contributed by atoms with van der Waals surface area (Å²) >= 11 is 2.24. The van der Waals surface area contributed by atoms with E-state index in [0.29, 0.717) is 22.7 Å². The number of hydrogen-bond acceptors (Lipinski definition) is 3. The largest absolute Gasteiger partial charge is 0.459 e. The monoisotopic (exact) mass is 548 g/mol. The van der Waals surface area contributed by atoms with E-state index in [9.17, 15) is 9.59 Å². The molecule has 0 aliphatic heterocycles. The third-order valence-corrected chi connectivity index (χ3v) is 11.1. The molecule has 0 bridgehead atoms. The Hall–Kier alpha value is -0.910. The number of esters is 1. The lowest BCUT2D eigenvalue weighted by Crippen LogP contribution is -2.54. The van der Waals surface area contributed by atoms with Crippen molar-refractivity contribution in [2.45, 2.75) is 84.7 Å². The molecule has 3 nitrogen and oxygen atoms in total. The summed E-state index contributed by atoms with van der Waals surface area (Å²) in [5.74, 6) is 3.48. The van der Waals surface area contributed by atoms with Gasteiger partial charge in [-0.05, 0) is 140 Å². The standard InChI is InChI=1S/C28H37IO3/c1-17(30)23-9-10-24-22-8-7-19-16-21(32-26(31)18-5-4-6-20(29)15-18)11-13-27(19,2)25(22)12-14-28(23,24)3/h4-6,15,19,21-25H,7-14,16H2,1-3H3/t19?,21?,22-,23+,24-,25-,27-,28+/m0/s1. The van der Waals surface area contributed by atoms with E-state index in [4.69, 9.17) is 4.74 Å². The van der Waals surface area contributed by atoms with Crippen molar-refractivity contribution in [3.8, 4) is 0 Å². The van der Waals surface area contributed by atoms with Crippen molar-refractivity contribution in [2.24, 2.45) is 40.4 Å². The van der Waals surface area contributed by atoms with Crippen LogP contribution in [0.5, 0.6) is 0 Å². The fourth-order valence-corrected chi connectivity index (χ4v) is 9.37. The fraction of sp³-hybridized carbons (Fsp3) is 0.714. The number of Topliss-reactive ketones (excluding diaryl/α,β-unsaturated/α-hetero) is 1. The normalized spacial score (nSPS) is 43.0. The van der Waals surface area contributed by atoms with Gasteiger partial charge in [-0.1, -0.05) is 19.9 Å². The summed E-state index contributed by atoms with van der Waals surface area (Å²) in [6.45, 7) is 6.80. The number of carbonyl (C=O) groups excluding carboxylic acids is 2. The molecule has 4 fully saturated rings. The lowest BCUT2D eigenvalue weighted by molar-refractivity contribution is -0.138. The van der Waals surface area contributed by atoms with Crippen molar-refractivity contribution in [2.75, 3.05) is 0 Å². The van der Waals surface area contributed by atoms with Gasteiger partial charge < -0.3 is 4.74 Å². The molecule has 4 aliphatic rings. The first-order chi connectivity index (χ1) is 15.2. The summed E-state index contributed by atoms with van der Waals surface area (Å²) in [5, 5.41) is 0. The second-order valence-corrected chi connectivity index (χ2v) is 13.0. The number of rotatable bonds is 3. The lowest BCUT2D eigenvalue weighted by Gasteiger charge is -2.61. The summed E-state index contributed by atoms with van der Waals surface area (Å²) in [6.07, 6.45) is 10.6. The van der Waals surface area contributed by atoms with Gasteiger partial charge in [0.25, 0.3) is 0 Å². The van der Waals surface area contributed by atoms with E-state index >= 15 is 0 Å². The zero-order valence-electron chi connectivity index (χ0n) is 19.7. The van der Waals surface area contributed by atoms with Crippen molar-refractivity contribution in [1.82, 2.24) is 0 Å². The van der Waals surface area contributed by atoms with Gasteiger partial charge in [0, 0.05) is 9.49 Å². The van der Waals surface area contributed by atoms with Gasteiger partial charge in [0.05, 0.1) is 5.56 Å². The fourth-order valence-electron chi connectivity index (χ4n) is 8.83. The molecule has 0 spiro atoms. The molecular weight excluding hydrogens is 511 g/mol. The minimum Gasteiger partial charge on any atom is -0.459 e. The average molecular weight is 549 g/mol. The number of hydrogen-bond donors (Lipinski definition) is 0. The van der Waals surface area contributed by atoms with Crippen LogP contribution in [0.3, 0.4) is 0 Å². The van der Waals surface area contributed by atoms with Gasteiger partial charge in [-0.15, -0.1) is 0 Å². The summed E-state index contributed by atoms with van der Waals surface area (Å²) in [6, 6.07) is 7.70. The molecule has 4 heteroatoms. The number of carbonyl (C=O) groups is 2. The number of benzene rings is 1. The van der Waals surface area contributed by atoms with Crippen LogP contribution in [0, 0.1) is 44.0 Å². The van der Waals surface area contributed by atoms with Gasteiger partial charge in [-0.2, -0.15) is 0 Å². The first-order valence-electron chi connectivity index (χ1n) is 12.7. The van der Waals surface area contributed by atoms with Crippen LogP contribution >= 0.6 is 22.6 Å². The van der Waals surface area contributed by atoms with Crippen LogP contribution in [0.25, 0.3) is 0 Å². The van der Waals surface area contributed by atoms with Crippen molar-refractivity contribution in [3.63, 3.8) is 0 Å². The number of ether oxygens (including phenoxy) is 1. The van der Waals surface area contributed by atoms with Crippen LogP contribution in [-0.2, 0) is 9.53 Å². The molecule has 1 aromatic rings. The predicted octanol–water partition coefficient (Wildman–Crippen LogP) is 7.06. The Balaban J connectivity index is 1.28. The lowest BCUT2D eigenvalue weighted by atomic mass is 9.44. The highest BCUT2D eigenvalue weighted by atomic mass is 127. The highest BCUT2D eigenvalue weighted by Crippen LogP contribution is 2.67. The van der Waals surface area contributed by atoms with E-state index in [2.05, 4.69) is 36.4 Å². The van der Waals surface area contributed by atoms with E-state index in [0.717, 1.165) is 40.6 Å². The topological polar surface area (TPSA) is 43.4 Å². The molecule has 32 heavy (non-hydrogen) atoms. The molecule has 0 saturated heterocycles. The van der Waals surface area contributed by atoms with Crippen molar-refractivity contribution in [1.29, 1.82) is 0 Å². The second kappa shape index (κ2) is 8.39. The molecule has 4 aliphatic carbocycles. The van der Waals surface area contributed by atoms with Crippen LogP contribution in [0.4, 0.5) is 0 Å². The molecule has 1 aromatic carbocycles. The maximum Gasteiger partial charge on any atom is 0.338 e. The van der Waals surface area contributed by atoms with E-state index < -0.39 is 0 Å². The van der Waals surface area contributed by atoms with Crippen molar-refractivity contribution < 1.29 is 14.3 Å². The smallest absolute Gasteiger partial charge is 0.338 e. The number of ketones is 1. The molecule has 4 saturated carbocycles. The molecule has 0 aromatic heterocycles. The molecule has 0 amide bonds. The van der Waals surface area contributed by atoms with Crippen LogP contribution in [0.15, 0.2) is 24.3 Å². The Morgan fingerprint density at radius 1 is 0.969 bits per heavy atom. The van der Waals surface area contributed by atoms with Crippen LogP contribution in [-0.4, -0.2) is 17.9 Å². The highest BCUT2D eigenvalue weighted by molar-refractivity contribution is 14.1. The van der Waals surface area contributed by atoms with Crippen molar-refractivity contribution >= 4 is 34.3 Å². The molecule has 5 rings (SSSR count). The molecular formula is C28H37IO3. The summed E-state index contributed by atoms with van der Waals surface area (Å²) in [7, 11) is 0. The van der Waals surface area contributed by atoms with Gasteiger partial charge >= 0.3 is 5.97 Å². The van der Waals surface area contributed by atoms with Crippen molar-refractivity contribution in [3.05, 3.63) is 33.4 Å². The predicted molar refractivity (Wildman–Crippen MR) is 134 cm³/mol. The highest BCUT2D eigenvalue weighted by Gasteiger charge is 2.60. The van der Waals surface area contributed by atoms with Crippen LogP contribution < -0.4 is 0 Å². The minimum absolute atomic E-state index is 0.0532. The Morgan fingerprint density at radius 3 is 2.47 bits per heavy atom. The van der Waals surface area contributed by atoms with Gasteiger partial charge in [0.2, 0.25) is 0 Å². The second-order valence-electron chi connectivity index (χ2n) is 11.8. The molecule has 0 radical (unpaired) electrons. The maximum absolute atomic E-state index is 12.7. The first kappa shape index (κ1) is 22.9. The third-order valence-electron chi connectivity index (χ3n) is 10.4. The third kappa shape index (κ3) is 3.67. The zero-order valence-corrected chi connectivity index (χ0v) is 21.9. The summed E-state index contributed by atoms with van der Waals surface area (Å²) < 4.78 is 7.07. The summed E-state index contributed by atoms with van der Waals surface area (Å²) in [4.78, 5) is 25.1. The number of halogens is 1. The van der Waals surface area contributed by atoms with Gasteiger partial charge in [-0.3, -0.25) is 4.79 Å². The first-order valence-corrected chi connectivity index (χ1v) is 13.8. The van der Waals surface area contributed by atoms with E-state index in [1.807, 2.05) is 31.2 Å². The Bertz CT molecular complexity index is 912. The number of fused-ring (bicyclic) bond motifs is 5. The van der Waals surface area contributed by atoms with Gasteiger partial charge in [0.15, 0.2) is 0 Å². The Morgan fingerprint density at radius 2 is 1.72 bits per heavy atom. The quantitative estimate of drug-likeness (QED) is 0.300. The van der Waals surface area contributed by atoms with Gasteiger partial charge in [0.1, 0.15) is 11.9 Å². The summed E-state index contributed by atoms with van der Waals surface area (Å²) in [5.41, 5.74) is 1.27. The molecule has 174 valence electrons. The van der Waals surface area contributed by atoms with Crippen LogP contribution in [0.2, 0.25) is 0 Å².